The Bertz CT molecular complexity index is 502. The summed E-state index contributed by atoms with van der Waals surface area (Å²) >= 11 is 0. The van der Waals surface area contributed by atoms with Crippen LogP contribution in [-0.2, 0) is 0 Å². The normalized spacial score (nSPS) is 16.2. The van der Waals surface area contributed by atoms with Gasteiger partial charge in [-0.3, -0.25) is 10.1 Å². The summed E-state index contributed by atoms with van der Waals surface area (Å²) in [6.45, 7) is 6.82. The molecule has 6 heteroatoms. The highest BCUT2D eigenvalue weighted by atomic mass is 19.1. The van der Waals surface area contributed by atoms with E-state index in [1.54, 1.807) is 0 Å². The van der Waals surface area contributed by atoms with Gasteiger partial charge in [-0.05, 0) is 51.8 Å². The number of benzene rings is 1. The summed E-state index contributed by atoms with van der Waals surface area (Å²) < 4.78 is 14.2. The maximum Gasteiger partial charge on any atom is 0.272 e. The van der Waals surface area contributed by atoms with Crippen molar-refractivity contribution in [3.05, 3.63) is 34.1 Å². The molecular weight excluding hydrogens is 273 g/mol. The molecule has 1 aliphatic heterocycles. The van der Waals surface area contributed by atoms with Gasteiger partial charge in [0.2, 0.25) is 0 Å². The molecule has 1 aliphatic rings. The minimum Gasteiger partial charge on any atom is -0.366 e. The van der Waals surface area contributed by atoms with Crippen molar-refractivity contribution in [2.24, 2.45) is 5.92 Å². The molecule has 116 valence electrons. The zero-order valence-corrected chi connectivity index (χ0v) is 12.5. The molecule has 1 N–H and O–H groups in total. The summed E-state index contributed by atoms with van der Waals surface area (Å²) in [5, 5.41) is 14.0. The largest absolute Gasteiger partial charge is 0.366 e. The number of nitro groups is 1. The molecule has 1 saturated heterocycles. The van der Waals surface area contributed by atoms with Crippen LogP contribution in [-0.4, -0.2) is 30.6 Å². The first-order chi connectivity index (χ1) is 9.99. The van der Waals surface area contributed by atoms with E-state index < -0.39 is 10.7 Å². The van der Waals surface area contributed by atoms with Gasteiger partial charge in [0.15, 0.2) is 5.82 Å². The molecule has 0 radical (unpaired) electrons. The molecule has 1 aromatic rings. The van der Waals surface area contributed by atoms with Crippen LogP contribution in [0, 0.1) is 21.8 Å². The number of rotatable bonds is 5. The van der Waals surface area contributed by atoms with Crippen LogP contribution in [0.5, 0.6) is 0 Å². The number of anilines is 1. The first-order valence-electron chi connectivity index (χ1n) is 7.40. The van der Waals surface area contributed by atoms with Crippen LogP contribution in [0.15, 0.2) is 18.2 Å². The summed E-state index contributed by atoms with van der Waals surface area (Å²) in [5.41, 5.74) is 0.246. The number of hydrogen-bond acceptors (Lipinski definition) is 4. The second kappa shape index (κ2) is 6.85. The van der Waals surface area contributed by atoms with Gasteiger partial charge in [-0.25, -0.2) is 4.39 Å². The molecule has 0 bridgehead atoms. The van der Waals surface area contributed by atoms with Gasteiger partial charge < -0.3 is 10.2 Å². The van der Waals surface area contributed by atoms with Gasteiger partial charge >= 0.3 is 0 Å². The predicted octanol–water partition coefficient (Wildman–Crippen LogP) is 2.95. The topological polar surface area (TPSA) is 58.4 Å². The Balaban J connectivity index is 2.19. The van der Waals surface area contributed by atoms with Crippen molar-refractivity contribution in [2.75, 3.05) is 24.5 Å². The van der Waals surface area contributed by atoms with Gasteiger partial charge in [0.1, 0.15) is 0 Å². The fourth-order valence-corrected chi connectivity index (χ4v) is 2.77. The number of non-ortho nitro benzene ring substituents is 1. The van der Waals surface area contributed by atoms with E-state index in [-0.39, 0.29) is 11.7 Å². The van der Waals surface area contributed by atoms with Gasteiger partial charge in [0.25, 0.3) is 5.69 Å². The monoisotopic (exact) mass is 295 g/mol. The van der Waals surface area contributed by atoms with Crippen molar-refractivity contribution in [3.8, 4) is 0 Å². The second-order valence-electron chi connectivity index (χ2n) is 5.83. The standard InChI is InChI=1S/C15H22FN3O2/c1-11(2)18(10-12-5-7-17-8-6-12)15-4-3-13(19(20)21)9-14(15)16/h3-4,9,11-12,17H,5-8,10H2,1-2H3. The first-order valence-corrected chi connectivity index (χ1v) is 7.40. The lowest BCUT2D eigenvalue weighted by molar-refractivity contribution is -0.385. The number of nitro benzene ring substituents is 1. The molecule has 0 saturated carbocycles. The molecule has 5 nitrogen and oxygen atoms in total. The van der Waals surface area contributed by atoms with E-state index in [1.165, 1.54) is 12.1 Å². The molecule has 2 rings (SSSR count). The van der Waals surface area contributed by atoms with E-state index in [9.17, 15) is 14.5 Å². The Morgan fingerprint density at radius 3 is 2.62 bits per heavy atom. The van der Waals surface area contributed by atoms with Gasteiger partial charge in [0, 0.05) is 18.7 Å². The number of piperidine rings is 1. The summed E-state index contributed by atoms with van der Waals surface area (Å²) in [4.78, 5) is 12.1. The predicted molar refractivity (Wildman–Crippen MR) is 81.1 cm³/mol. The summed E-state index contributed by atoms with van der Waals surface area (Å²) in [7, 11) is 0. The lowest BCUT2D eigenvalue weighted by Gasteiger charge is -2.34. The summed E-state index contributed by atoms with van der Waals surface area (Å²) in [6, 6.07) is 4.05. The van der Waals surface area contributed by atoms with Gasteiger partial charge in [-0.15, -0.1) is 0 Å². The van der Waals surface area contributed by atoms with Gasteiger partial charge in [0.05, 0.1) is 16.7 Å². The Hall–Kier alpha value is -1.69. The Morgan fingerprint density at radius 1 is 1.43 bits per heavy atom. The number of hydrogen-bond donors (Lipinski definition) is 1. The zero-order chi connectivity index (χ0) is 15.4. The molecule has 1 aromatic carbocycles. The minimum atomic E-state index is -0.570. The highest BCUT2D eigenvalue weighted by Gasteiger charge is 2.22. The first kappa shape index (κ1) is 15.7. The number of nitrogens with one attached hydrogen (secondary N) is 1. The molecule has 1 heterocycles. The SMILES string of the molecule is CC(C)N(CC1CCNCC1)c1ccc([N+](=O)[O-])cc1F. The van der Waals surface area contributed by atoms with Crippen molar-refractivity contribution >= 4 is 11.4 Å². The Morgan fingerprint density at radius 2 is 2.10 bits per heavy atom. The summed E-state index contributed by atoms with van der Waals surface area (Å²) in [6.07, 6.45) is 2.16. The zero-order valence-electron chi connectivity index (χ0n) is 12.5. The second-order valence-corrected chi connectivity index (χ2v) is 5.83. The van der Waals surface area contributed by atoms with E-state index in [0.29, 0.717) is 11.6 Å². The van der Waals surface area contributed by atoms with Crippen molar-refractivity contribution in [1.29, 1.82) is 0 Å². The molecular formula is C15H22FN3O2. The average Bonchev–Trinajstić information content (AvgIpc) is 2.46. The maximum absolute atomic E-state index is 14.2. The van der Waals surface area contributed by atoms with Crippen LogP contribution >= 0.6 is 0 Å². The molecule has 0 atom stereocenters. The summed E-state index contributed by atoms with van der Waals surface area (Å²) in [5.74, 6) is 0.00933. The third kappa shape index (κ3) is 3.91. The van der Waals surface area contributed by atoms with Crippen LogP contribution in [0.2, 0.25) is 0 Å². The van der Waals surface area contributed by atoms with Crippen molar-refractivity contribution < 1.29 is 9.31 Å². The van der Waals surface area contributed by atoms with Crippen LogP contribution in [0.25, 0.3) is 0 Å². The van der Waals surface area contributed by atoms with Gasteiger partial charge in [-0.2, -0.15) is 0 Å². The molecule has 0 aliphatic carbocycles. The quantitative estimate of drug-likeness (QED) is 0.670. The van der Waals surface area contributed by atoms with E-state index in [4.69, 9.17) is 0 Å². The smallest absolute Gasteiger partial charge is 0.272 e. The van der Waals surface area contributed by atoms with E-state index in [1.807, 2.05) is 18.7 Å². The molecule has 0 spiro atoms. The maximum atomic E-state index is 14.2. The lowest BCUT2D eigenvalue weighted by Crippen LogP contribution is -2.40. The fourth-order valence-electron chi connectivity index (χ4n) is 2.77. The highest BCUT2D eigenvalue weighted by molar-refractivity contribution is 5.53. The van der Waals surface area contributed by atoms with E-state index in [2.05, 4.69) is 5.32 Å². The minimum absolute atomic E-state index is 0.149. The third-order valence-electron chi connectivity index (χ3n) is 3.99. The third-order valence-corrected chi connectivity index (χ3v) is 3.99. The van der Waals surface area contributed by atoms with E-state index >= 15 is 0 Å². The van der Waals surface area contributed by atoms with Gasteiger partial charge in [-0.1, -0.05) is 0 Å². The molecule has 0 unspecified atom stereocenters. The fraction of sp³-hybridized carbons (Fsp3) is 0.600. The molecule has 0 amide bonds. The Labute approximate surface area is 124 Å². The Kier molecular flexibility index (Phi) is 5.12. The van der Waals surface area contributed by atoms with Crippen LogP contribution in [0.3, 0.4) is 0 Å². The van der Waals surface area contributed by atoms with Crippen molar-refractivity contribution in [1.82, 2.24) is 5.32 Å². The lowest BCUT2D eigenvalue weighted by atomic mass is 9.96. The highest BCUT2D eigenvalue weighted by Crippen LogP contribution is 2.27. The average molecular weight is 295 g/mol. The van der Waals surface area contributed by atoms with Crippen LogP contribution < -0.4 is 10.2 Å². The van der Waals surface area contributed by atoms with Crippen molar-refractivity contribution in [2.45, 2.75) is 32.7 Å². The van der Waals surface area contributed by atoms with Crippen LogP contribution in [0.4, 0.5) is 15.8 Å². The van der Waals surface area contributed by atoms with Crippen molar-refractivity contribution in [3.63, 3.8) is 0 Å². The van der Waals surface area contributed by atoms with Crippen LogP contribution in [0.1, 0.15) is 26.7 Å². The molecule has 1 fully saturated rings. The van der Waals surface area contributed by atoms with E-state index in [0.717, 1.165) is 38.5 Å². The molecule has 21 heavy (non-hydrogen) atoms. The number of nitrogens with zero attached hydrogens (tertiary/aromatic N) is 2. The number of halogens is 1. The molecule has 0 aromatic heterocycles.